The van der Waals surface area contributed by atoms with Crippen molar-refractivity contribution in [3.05, 3.63) is 41.1 Å². The van der Waals surface area contributed by atoms with Gasteiger partial charge in [0.2, 0.25) is 0 Å². The first kappa shape index (κ1) is 14.4. The molecular formula is C15H17F2N3. The third-order valence-corrected chi connectivity index (χ3v) is 3.05. The van der Waals surface area contributed by atoms with Crippen molar-refractivity contribution >= 4 is 5.82 Å². The van der Waals surface area contributed by atoms with Crippen LogP contribution in [0.4, 0.5) is 14.6 Å². The molecule has 0 unspecified atom stereocenters. The highest BCUT2D eigenvalue weighted by Crippen LogP contribution is 2.23. The van der Waals surface area contributed by atoms with Crippen molar-refractivity contribution in [1.82, 2.24) is 9.97 Å². The third-order valence-electron chi connectivity index (χ3n) is 3.05. The van der Waals surface area contributed by atoms with Crippen molar-refractivity contribution in [2.24, 2.45) is 0 Å². The van der Waals surface area contributed by atoms with Crippen molar-refractivity contribution in [3.63, 3.8) is 0 Å². The fourth-order valence-electron chi connectivity index (χ4n) is 1.86. The zero-order valence-corrected chi connectivity index (χ0v) is 11.8. The van der Waals surface area contributed by atoms with Crippen LogP contribution < -0.4 is 5.32 Å². The van der Waals surface area contributed by atoms with Gasteiger partial charge in [-0.15, -0.1) is 0 Å². The van der Waals surface area contributed by atoms with E-state index in [9.17, 15) is 8.78 Å². The maximum atomic E-state index is 13.3. The first-order chi connectivity index (χ1) is 9.51. The number of anilines is 1. The summed E-state index contributed by atoms with van der Waals surface area (Å²) in [5, 5.41) is 3.20. The molecule has 1 N–H and O–H groups in total. The van der Waals surface area contributed by atoms with Gasteiger partial charge in [0.15, 0.2) is 5.82 Å². The lowest BCUT2D eigenvalue weighted by molar-refractivity contribution is 0.584. The normalized spacial score (nSPS) is 10.7. The second-order valence-corrected chi connectivity index (χ2v) is 4.69. The Kier molecular flexibility index (Phi) is 4.27. The van der Waals surface area contributed by atoms with E-state index >= 15 is 0 Å². The molecule has 0 bridgehead atoms. The first-order valence-electron chi connectivity index (χ1n) is 6.57. The van der Waals surface area contributed by atoms with Gasteiger partial charge in [-0.05, 0) is 32.4 Å². The van der Waals surface area contributed by atoms with E-state index in [4.69, 9.17) is 0 Å². The van der Waals surface area contributed by atoms with Gasteiger partial charge in [-0.25, -0.2) is 18.7 Å². The van der Waals surface area contributed by atoms with Crippen LogP contribution in [0.1, 0.15) is 24.6 Å². The highest BCUT2D eigenvalue weighted by molar-refractivity contribution is 5.59. The first-order valence-corrected chi connectivity index (χ1v) is 6.57. The predicted octanol–water partition coefficient (Wildman–Crippen LogP) is 3.86. The molecule has 20 heavy (non-hydrogen) atoms. The minimum Gasteiger partial charge on any atom is -0.370 e. The van der Waals surface area contributed by atoms with Crippen molar-refractivity contribution in [1.29, 1.82) is 0 Å². The number of nitrogens with zero attached hydrogens (tertiary/aromatic N) is 2. The third kappa shape index (κ3) is 3.10. The van der Waals surface area contributed by atoms with E-state index < -0.39 is 11.6 Å². The lowest BCUT2D eigenvalue weighted by Gasteiger charge is -2.12. The van der Waals surface area contributed by atoms with E-state index in [2.05, 4.69) is 22.2 Å². The summed E-state index contributed by atoms with van der Waals surface area (Å²) in [5.74, 6) is -0.237. The van der Waals surface area contributed by atoms with Gasteiger partial charge in [0.1, 0.15) is 17.5 Å². The lowest BCUT2D eigenvalue weighted by atomic mass is 10.1. The number of halogens is 2. The summed E-state index contributed by atoms with van der Waals surface area (Å²) < 4.78 is 26.6. The second kappa shape index (κ2) is 5.94. The zero-order chi connectivity index (χ0) is 14.7. The fraction of sp³-hybridized carbons (Fsp3) is 0.333. The largest absolute Gasteiger partial charge is 0.370 e. The summed E-state index contributed by atoms with van der Waals surface area (Å²) in [5.41, 5.74) is 2.07. The molecule has 106 valence electrons. The Morgan fingerprint density at radius 3 is 2.30 bits per heavy atom. The van der Waals surface area contributed by atoms with Gasteiger partial charge in [-0.3, -0.25) is 0 Å². The molecule has 0 aliphatic rings. The highest BCUT2D eigenvalue weighted by atomic mass is 19.1. The molecule has 1 heterocycles. The smallest absolute Gasteiger partial charge is 0.161 e. The van der Waals surface area contributed by atoms with Gasteiger partial charge in [-0.2, -0.15) is 0 Å². The lowest BCUT2D eigenvalue weighted by Crippen LogP contribution is -2.07. The van der Waals surface area contributed by atoms with Gasteiger partial charge >= 0.3 is 0 Å². The Hall–Kier alpha value is -2.04. The van der Waals surface area contributed by atoms with Crippen molar-refractivity contribution in [2.75, 3.05) is 11.9 Å². The molecule has 0 radical (unpaired) electrons. The molecule has 0 saturated carbocycles. The molecule has 3 nitrogen and oxygen atoms in total. The Balaban J connectivity index is 2.48. The molecule has 0 amide bonds. The van der Waals surface area contributed by atoms with E-state index in [0.717, 1.165) is 30.3 Å². The maximum absolute atomic E-state index is 13.3. The van der Waals surface area contributed by atoms with Crippen LogP contribution in [0.25, 0.3) is 11.4 Å². The minimum absolute atomic E-state index is 0.324. The van der Waals surface area contributed by atoms with Crippen LogP contribution in [-0.4, -0.2) is 16.5 Å². The monoisotopic (exact) mass is 277 g/mol. The Morgan fingerprint density at radius 1 is 1.05 bits per heavy atom. The number of aryl methyl sites for hydroxylation is 1. The minimum atomic E-state index is -0.634. The Bertz CT molecular complexity index is 607. The fourth-order valence-corrected chi connectivity index (χ4v) is 1.86. The van der Waals surface area contributed by atoms with E-state index in [-0.39, 0.29) is 0 Å². The second-order valence-electron chi connectivity index (χ2n) is 4.69. The number of hydrogen-bond donors (Lipinski definition) is 1. The standard InChI is InChI=1S/C15H17F2N3/c1-4-5-18-14-9(2)10(3)19-15(20-14)11-6-12(16)8-13(17)7-11/h6-8H,4-5H2,1-3H3,(H,18,19,20). The number of rotatable bonds is 4. The van der Waals surface area contributed by atoms with Gasteiger partial charge in [0, 0.05) is 29.4 Å². The summed E-state index contributed by atoms with van der Waals surface area (Å²) in [4.78, 5) is 8.68. The van der Waals surface area contributed by atoms with E-state index in [1.165, 1.54) is 12.1 Å². The Morgan fingerprint density at radius 2 is 1.70 bits per heavy atom. The number of hydrogen-bond acceptors (Lipinski definition) is 3. The van der Waals surface area contributed by atoms with Crippen LogP contribution in [0, 0.1) is 25.5 Å². The maximum Gasteiger partial charge on any atom is 0.161 e. The van der Waals surface area contributed by atoms with Crippen LogP contribution in [0.15, 0.2) is 18.2 Å². The van der Waals surface area contributed by atoms with Crippen LogP contribution >= 0.6 is 0 Å². The molecule has 2 rings (SSSR count). The molecule has 0 saturated heterocycles. The Labute approximate surface area is 117 Å². The van der Waals surface area contributed by atoms with Crippen LogP contribution in [0.2, 0.25) is 0 Å². The molecule has 0 aliphatic heterocycles. The number of nitrogens with one attached hydrogen (secondary N) is 1. The SMILES string of the molecule is CCCNc1nc(-c2cc(F)cc(F)c2)nc(C)c1C. The summed E-state index contributed by atoms with van der Waals surface area (Å²) in [6.07, 6.45) is 0.965. The molecule has 5 heteroatoms. The van der Waals surface area contributed by atoms with Crippen LogP contribution in [-0.2, 0) is 0 Å². The van der Waals surface area contributed by atoms with Gasteiger partial charge in [-0.1, -0.05) is 6.92 Å². The summed E-state index contributed by atoms with van der Waals surface area (Å²) in [7, 11) is 0. The van der Waals surface area contributed by atoms with E-state index in [1.807, 2.05) is 13.8 Å². The summed E-state index contributed by atoms with van der Waals surface area (Å²) >= 11 is 0. The molecule has 2 aromatic rings. The molecule has 1 aromatic heterocycles. The summed E-state index contributed by atoms with van der Waals surface area (Å²) in [6.45, 7) is 6.62. The zero-order valence-electron chi connectivity index (χ0n) is 11.8. The predicted molar refractivity (Wildman–Crippen MR) is 75.6 cm³/mol. The average Bonchev–Trinajstić information content (AvgIpc) is 2.39. The molecule has 1 aromatic carbocycles. The highest BCUT2D eigenvalue weighted by Gasteiger charge is 2.11. The summed E-state index contributed by atoms with van der Waals surface area (Å²) in [6, 6.07) is 3.30. The molecule has 0 aliphatic carbocycles. The average molecular weight is 277 g/mol. The quantitative estimate of drug-likeness (QED) is 0.922. The van der Waals surface area contributed by atoms with Crippen LogP contribution in [0.5, 0.6) is 0 Å². The molecule has 0 fully saturated rings. The molecule has 0 spiro atoms. The van der Waals surface area contributed by atoms with E-state index in [1.54, 1.807) is 0 Å². The molecule has 0 atom stereocenters. The van der Waals surface area contributed by atoms with Crippen LogP contribution in [0.3, 0.4) is 0 Å². The van der Waals surface area contributed by atoms with Gasteiger partial charge < -0.3 is 5.32 Å². The number of aromatic nitrogens is 2. The van der Waals surface area contributed by atoms with Crippen molar-refractivity contribution < 1.29 is 8.78 Å². The van der Waals surface area contributed by atoms with Crippen molar-refractivity contribution in [2.45, 2.75) is 27.2 Å². The topological polar surface area (TPSA) is 37.8 Å². The molecular weight excluding hydrogens is 260 g/mol. The van der Waals surface area contributed by atoms with Gasteiger partial charge in [0.25, 0.3) is 0 Å². The van der Waals surface area contributed by atoms with Crippen molar-refractivity contribution in [3.8, 4) is 11.4 Å². The van der Waals surface area contributed by atoms with Gasteiger partial charge in [0.05, 0.1) is 0 Å². The number of benzene rings is 1. The van der Waals surface area contributed by atoms with E-state index in [0.29, 0.717) is 17.2 Å².